The van der Waals surface area contributed by atoms with Crippen LogP contribution in [-0.4, -0.2) is 0 Å². The smallest absolute Gasteiger partial charge is 0.131 e. The molecular formula is C70H56O4. The van der Waals surface area contributed by atoms with Crippen molar-refractivity contribution in [2.45, 2.75) is 75.8 Å². The fourth-order valence-corrected chi connectivity index (χ4v) is 12.0. The summed E-state index contributed by atoms with van der Waals surface area (Å²) in [4.78, 5) is 0. The Morgan fingerprint density at radius 2 is 0.527 bits per heavy atom. The van der Waals surface area contributed by atoms with E-state index in [1.807, 2.05) is 12.1 Å². The van der Waals surface area contributed by atoms with Gasteiger partial charge in [-0.3, -0.25) is 0 Å². The summed E-state index contributed by atoms with van der Waals surface area (Å²) in [6.45, 7) is 1.62. The summed E-state index contributed by atoms with van der Waals surface area (Å²) in [5.41, 5.74) is 21.3. The van der Waals surface area contributed by atoms with Crippen molar-refractivity contribution in [3.63, 3.8) is 0 Å². The molecule has 0 bridgehead atoms. The maximum atomic E-state index is 6.88. The molecule has 4 atom stereocenters. The number of hydrogen-bond acceptors (Lipinski definition) is 4. The van der Waals surface area contributed by atoms with Gasteiger partial charge in [0.15, 0.2) is 0 Å². The lowest BCUT2D eigenvalue weighted by molar-refractivity contribution is 0.287. The molecule has 4 aliphatic carbocycles. The molecule has 0 N–H and O–H groups in total. The lowest BCUT2D eigenvalue weighted by Crippen LogP contribution is -2.17. The first kappa shape index (κ1) is 44.4. The van der Waals surface area contributed by atoms with E-state index in [0.29, 0.717) is 73.1 Å². The predicted octanol–water partition coefficient (Wildman–Crippen LogP) is 15.9. The van der Waals surface area contributed by atoms with Crippen LogP contribution in [0.4, 0.5) is 0 Å². The van der Waals surface area contributed by atoms with E-state index in [4.69, 9.17) is 18.9 Å². The number of benzene rings is 10. The molecule has 74 heavy (non-hydrogen) atoms. The molecule has 0 saturated carbocycles. The van der Waals surface area contributed by atoms with Gasteiger partial charge in [-0.2, -0.15) is 0 Å². The highest BCUT2D eigenvalue weighted by molar-refractivity contribution is 5.95. The highest BCUT2D eigenvalue weighted by atomic mass is 16.5. The molecule has 0 amide bonds. The summed E-state index contributed by atoms with van der Waals surface area (Å²) in [5, 5.41) is 1.80. The maximum absolute atomic E-state index is 6.88. The third-order valence-corrected chi connectivity index (χ3v) is 16.5. The lowest BCUT2D eigenvalue weighted by Gasteiger charge is -2.30. The van der Waals surface area contributed by atoms with E-state index in [1.54, 1.807) is 0 Å². The van der Waals surface area contributed by atoms with Crippen molar-refractivity contribution in [2.75, 3.05) is 0 Å². The number of hydrogen-bond donors (Lipinski definition) is 0. The van der Waals surface area contributed by atoms with Crippen molar-refractivity contribution in [2.24, 2.45) is 0 Å². The molecule has 360 valence electrons. The summed E-state index contributed by atoms with van der Waals surface area (Å²) in [7, 11) is 0. The van der Waals surface area contributed by atoms with E-state index in [0.717, 1.165) is 58.7 Å². The molecule has 10 aromatic rings. The van der Waals surface area contributed by atoms with Gasteiger partial charge in [0, 0.05) is 46.6 Å². The first-order chi connectivity index (χ1) is 36.6. The Hall–Kier alpha value is -8.34. The first-order valence-electron chi connectivity index (χ1n) is 26.4. The van der Waals surface area contributed by atoms with Crippen molar-refractivity contribution in [1.82, 2.24) is 0 Å². The van der Waals surface area contributed by atoms with Crippen molar-refractivity contribution < 1.29 is 18.9 Å². The van der Waals surface area contributed by atoms with Gasteiger partial charge in [-0.25, -0.2) is 0 Å². The van der Waals surface area contributed by atoms with Gasteiger partial charge < -0.3 is 18.9 Å². The Morgan fingerprint density at radius 1 is 0.270 bits per heavy atom. The molecule has 0 heterocycles. The minimum Gasteiger partial charge on any atom is -0.489 e. The second kappa shape index (κ2) is 18.9. The van der Waals surface area contributed by atoms with Crippen LogP contribution >= 0.6 is 0 Å². The van der Waals surface area contributed by atoms with E-state index in [-0.39, 0.29) is 0 Å². The van der Waals surface area contributed by atoms with Crippen LogP contribution in [0.1, 0.15) is 113 Å². The Kier molecular flexibility index (Phi) is 11.3. The average molecular weight is 961 g/mol. The highest BCUT2D eigenvalue weighted by Crippen LogP contribution is 2.45. The molecule has 4 unspecified atom stereocenters. The first-order valence-corrected chi connectivity index (χ1v) is 26.4. The van der Waals surface area contributed by atoms with Gasteiger partial charge in [0.2, 0.25) is 0 Å². The van der Waals surface area contributed by atoms with Gasteiger partial charge in [0.05, 0.1) is 0 Å². The van der Waals surface area contributed by atoms with Gasteiger partial charge in [0.1, 0.15) is 49.4 Å². The van der Waals surface area contributed by atoms with Crippen molar-refractivity contribution in [3.05, 3.63) is 307 Å². The van der Waals surface area contributed by atoms with Crippen LogP contribution in [0.3, 0.4) is 0 Å². The molecule has 14 rings (SSSR count). The van der Waals surface area contributed by atoms with Crippen LogP contribution in [0.15, 0.2) is 218 Å². The second-order valence-electron chi connectivity index (χ2n) is 20.9. The summed E-state index contributed by atoms with van der Waals surface area (Å²) in [5.74, 6) is 4.63. The molecule has 0 saturated heterocycles. The minimum atomic E-state index is 0.392. The molecule has 0 fully saturated rings. The lowest BCUT2D eigenvalue weighted by atomic mass is 9.74. The van der Waals surface area contributed by atoms with E-state index in [9.17, 15) is 0 Å². The zero-order valence-corrected chi connectivity index (χ0v) is 41.4. The fraction of sp³-hybridized carbons (Fsp3) is 0.171. The summed E-state index contributed by atoms with van der Waals surface area (Å²) in [6, 6.07) is 79.1. The molecule has 0 aromatic heterocycles. The minimum absolute atomic E-state index is 0.392. The quantitative estimate of drug-likeness (QED) is 0.0967. The monoisotopic (exact) mass is 960 g/mol. The van der Waals surface area contributed by atoms with Crippen molar-refractivity contribution >= 4 is 10.8 Å². The molecule has 4 aliphatic rings. The Morgan fingerprint density at radius 3 is 0.797 bits per heavy atom. The normalized spacial score (nSPS) is 17.5. The Bertz CT molecular complexity index is 3440. The van der Waals surface area contributed by atoms with E-state index < -0.39 is 0 Å². The fourth-order valence-electron chi connectivity index (χ4n) is 12.0. The van der Waals surface area contributed by atoms with Crippen LogP contribution in [0.2, 0.25) is 0 Å². The Labute approximate surface area is 433 Å². The molecule has 4 nitrogen and oxygen atoms in total. The SMILES string of the molecule is c1ccc2c(c1)CC2c1ccc(COc2cc(OCc3ccc(C4Cc5ccccc54)cc3)c3cc(OCc4ccc(C5Cc6ccccc65)cc4)cc(OCc4ccc(C5Cc6ccccc65)cc4)c3c2)cc1. The standard InChI is InChI=1S/C70H56O4/c1-5-13-59-53(9-1)33-63(59)49-25-17-45(18-26-49)41-71-57-37-67-68(69(39-57)73-43-47-21-29-51(30-22-47)65-35-55-11-3-7-15-61(55)65)38-58(72-42-46-19-27-50(28-20-46)64-34-54-10-2-6-14-60(54)64)40-70(67)74-44-48-23-31-52(32-24-48)66-36-56-12-4-8-16-62(56)66/h1-32,37-40,63-66H,33-36,41-44H2. The van der Waals surface area contributed by atoms with Crippen molar-refractivity contribution in [3.8, 4) is 23.0 Å². The average Bonchev–Trinajstić information content (AvgIpc) is 3.43. The van der Waals surface area contributed by atoms with Gasteiger partial charge in [-0.05, 0) is 127 Å². The molecule has 0 spiro atoms. The van der Waals surface area contributed by atoms with Crippen LogP contribution in [0, 0.1) is 0 Å². The molecular weight excluding hydrogens is 905 g/mol. The third-order valence-electron chi connectivity index (χ3n) is 16.5. The molecule has 0 radical (unpaired) electrons. The summed E-state index contributed by atoms with van der Waals surface area (Å²) in [6.07, 6.45) is 4.35. The third kappa shape index (κ3) is 8.48. The van der Waals surface area contributed by atoms with Crippen LogP contribution in [0.5, 0.6) is 23.0 Å². The number of fused-ring (bicyclic) bond motifs is 5. The molecule has 4 heteroatoms. The number of ether oxygens (including phenoxy) is 4. The van der Waals surface area contributed by atoms with Gasteiger partial charge >= 0.3 is 0 Å². The maximum Gasteiger partial charge on any atom is 0.131 e. The zero-order valence-electron chi connectivity index (χ0n) is 41.4. The van der Waals surface area contributed by atoms with Crippen LogP contribution < -0.4 is 18.9 Å². The summed E-state index contributed by atoms with van der Waals surface area (Å²) < 4.78 is 27.2. The van der Waals surface area contributed by atoms with E-state index >= 15 is 0 Å². The highest BCUT2D eigenvalue weighted by Gasteiger charge is 2.30. The van der Waals surface area contributed by atoms with Gasteiger partial charge in [-0.1, -0.05) is 194 Å². The van der Waals surface area contributed by atoms with E-state index in [1.165, 1.54) is 66.8 Å². The van der Waals surface area contributed by atoms with E-state index in [2.05, 4.69) is 206 Å². The van der Waals surface area contributed by atoms with Gasteiger partial charge in [0.25, 0.3) is 0 Å². The Balaban J connectivity index is 0.762. The van der Waals surface area contributed by atoms with Crippen LogP contribution in [0.25, 0.3) is 10.8 Å². The largest absolute Gasteiger partial charge is 0.489 e. The number of rotatable bonds is 16. The van der Waals surface area contributed by atoms with Crippen molar-refractivity contribution in [1.29, 1.82) is 0 Å². The zero-order chi connectivity index (χ0) is 49.0. The topological polar surface area (TPSA) is 36.9 Å². The second-order valence-corrected chi connectivity index (χ2v) is 20.9. The van der Waals surface area contributed by atoms with Crippen LogP contribution in [-0.2, 0) is 52.1 Å². The predicted molar refractivity (Wildman–Crippen MR) is 295 cm³/mol. The molecule has 0 aliphatic heterocycles. The molecule has 10 aromatic carbocycles. The summed E-state index contributed by atoms with van der Waals surface area (Å²) >= 11 is 0. The van der Waals surface area contributed by atoms with Gasteiger partial charge in [-0.15, -0.1) is 0 Å².